The lowest BCUT2D eigenvalue weighted by atomic mass is 9.84. The van der Waals surface area contributed by atoms with Crippen molar-refractivity contribution in [3.05, 3.63) is 42.1 Å². The molecule has 0 N–H and O–H groups in total. The van der Waals surface area contributed by atoms with Crippen LogP contribution < -0.4 is 4.90 Å². The Morgan fingerprint density at radius 1 is 0.970 bits per heavy atom. The van der Waals surface area contributed by atoms with Crippen LogP contribution >= 0.6 is 0 Å². The summed E-state index contributed by atoms with van der Waals surface area (Å²) in [6.07, 6.45) is 8.32. The summed E-state index contributed by atoms with van der Waals surface area (Å²) < 4.78 is 6.31. The highest BCUT2D eigenvalue weighted by molar-refractivity contribution is 6.32. The van der Waals surface area contributed by atoms with E-state index in [0.29, 0.717) is 43.8 Å². The molecule has 1 amide bonds. The molecule has 0 radical (unpaired) electrons. The number of hydrogen-bond acceptors (Lipinski definition) is 7. The molecule has 0 spiro atoms. The van der Waals surface area contributed by atoms with Crippen LogP contribution in [0.5, 0.6) is 0 Å². The number of hydrogen-bond donors (Lipinski definition) is 0. The minimum Gasteiger partial charge on any atom is -0.462 e. The van der Waals surface area contributed by atoms with Crippen LogP contribution in [0.25, 0.3) is 17.0 Å². The predicted molar refractivity (Wildman–Crippen MR) is 123 cm³/mol. The molecule has 0 unspecified atom stereocenters. The van der Waals surface area contributed by atoms with Gasteiger partial charge in [-0.15, -0.1) is 5.10 Å². The van der Waals surface area contributed by atoms with Crippen molar-refractivity contribution in [2.24, 2.45) is 0 Å². The molecule has 1 saturated carbocycles. The Morgan fingerprint density at radius 2 is 1.70 bits per heavy atom. The van der Waals surface area contributed by atoms with Crippen molar-refractivity contribution in [3.63, 3.8) is 0 Å². The van der Waals surface area contributed by atoms with E-state index >= 15 is 0 Å². The van der Waals surface area contributed by atoms with Gasteiger partial charge < -0.3 is 14.5 Å². The summed E-state index contributed by atoms with van der Waals surface area (Å²) in [7, 11) is 1.21. The lowest BCUT2D eigenvalue weighted by Gasteiger charge is -2.33. The maximum absolute atomic E-state index is 12.0. The zero-order valence-electron chi connectivity index (χ0n) is 18.8. The fourth-order valence-corrected chi connectivity index (χ4v) is 4.82. The smallest absolute Gasteiger partial charge is 0.396 e. The van der Waals surface area contributed by atoms with E-state index in [1.807, 2.05) is 11.0 Å². The molecule has 0 atom stereocenters. The third-order valence-corrected chi connectivity index (χ3v) is 6.72. The number of methoxy groups -OCH3 is 1. The minimum atomic E-state index is -0.836. The third-order valence-electron chi connectivity index (χ3n) is 6.72. The van der Waals surface area contributed by atoms with E-state index in [9.17, 15) is 9.59 Å². The molecule has 2 fully saturated rings. The van der Waals surface area contributed by atoms with E-state index in [4.69, 9.17) is 5.10 Å². The third kappa shape index (κ3) is 4.27. The fourth-order valence-electron chi connectivity index (χ4n) is 4.82. The molecule has 3 heterocycles. The molecule has 1 aliphatic heterocycles. The number of rotatable bonds is 3. The van der Waals surface area contributed by atoms with E-state index in [-0.39, 0.29) is 0 Å². The molecular weight excluding hydrogens is 420 g/mol. The number of fused-ring (bicyclic) bond motifs is 1. The summed E-state index contributed by atoms with van der Waals surface area (Å²) in [5, 5.41) is 4.72. The SMILES string of the molecule is COC(=O)C(=O)N1CCN(c2nc3nccc(-c4ccc(C5CCCCC5)cc4)n3n2)CC1. The van der Waals surface area contributed by atoms with Crippen LogP contribution in [-0.2, 0) is 14.3 Å². The van der Waals surface area contributed by atoms with Crippen molar-refractivity contribution < 1.29 is 14.3 Å². The van der Waals surface area contributed by atoms with Gasteiger partial charge in [0.1, 0.15) is 0 Å². The van der Waals surface area contributed by atoms with Gasteiger partial charge in [-0.3, -0.25) is 4.79 Å². The molecule has 1 aromatic carbocycles. The van der Waals surface area contributed by atoms with Gasteiger partial charge >= 0.3 is 11.9 Å². The molecule has 5 rings (SSSR count). The van der Waals surface area contributed by atoms with Crippen molar-refractivity contribution in [1.82, 2.24) is 24.5 Å². The molecule has 2 aromatic heterocycles. The van der Waals surface area contributed by atoms with Crippen LogP contribution in [0.3, 0.4) is 0 Å². The second kappa shape index (κ2) is 9.17. The summed E-state index contributed by atoms with van der Waals surface area (Å²) in [5.74, 6) is 0.331. The van der Waals surface area contributed by atoms with Crippen molar-refractivity contribution in [2.75, 3.05) is 38.2 Å². The van der Waals surface area contributed by atoms with Gasteiger partial charge in [0.15, 0.2) is 0 Å². The van der Waals surface area contributed by atoms with Crippen molar-refractivity contribution in [3.8, 4) is 11.3 Å². The fraction of sp³-hybridized carbons (Fsp3) is 0.458. The van der Waals surface area contributed by atoms with Gasteiger partial charge in [0.05, 0.1) is 12.8 Å². The second-order valence-electron chi connectivity index (χ2n) is 8.68. The molecule has 3 aromatic rings. The topological polar surface area (TPSA) is 92.9 Å². The first kappa shape index (κ1) is 21.4. The largest absolute Gasteiger partial charge is 0.462 e. The number of carbonyl (C=O) groups excluding carboxylic acids is 2. The standard InChI is InChI=1S/C24H28N6O3/c1-33-22(32)21(31)28-13-15-29(16-14-28)24-26-23-25-12-11-20(30(23)27-24)19-9-7-18(8-10-19)17-5-3-2-4-6-17/h7-12,17H,2-6,13-16H2,1H3. The number of benzene rings is 1. The summed E-state index contributed by atoms with van der Waals surface area (Å²) in [6.45, 7) is 1.88. The molecule has 1 saturated heterocycles. The zero-order chi connectivity index (χ0) is 22.8. The number of carbonyl (C=O) groups is 2. The van der Waals surface area contributed by atoms with Crippen LogP contribution in [0.1, 0.15) is 43.6 Å². The highest BCUT2D eigenvalue weighted by Gasteiger charge is 2.28. The Kier molecular flexibility index (Phi) is 5.93. The average Bonchev–Trinajstić information content (AvgIpc) is 3.33. The lowest BCUT2D eigenvalue weighted by Crippen LogP contribution is -2.51. The average molecular weight is 449 g/mol. The predicted octanol–water partition coefficient (Wildman–Crippen LogP) is 2.66. The number of nitrogens with zero attached hydrogens (tertiary/aromatic N) is 6. The van der Waals surface area contributed by atoms with E-state index in [0.717, 1.165) is 11.3 Å². The molecule has 1 aliphatic carbocycles. The van der Waals surface area contributed by atoms with Crippen LogP contribution in [0.15, 0.2) is 36.5 Å². The van der Waals surface area contributed by atoms with Crippen LogP contribution in [0, 0.1) is 0 Å². The highest BCUT2D eigenvalue weighted by atomic mass is 16.5. The van der Waals surface area contributed by atoms with Gasteiger partial charge in [-0.25, -0.2) is 9.78 Å². The first-order valence-corrected chi connectivity index (χ1v) is 11.6. The zero-order valence-corrected chi connectivity index (χ0v) is 18.8. The molecular formula is C24H28N6O3. The lowest BCUT2D eigenvalue weighted by molar-refractivity contribution is -0.158. The van der Waals surface area contributed by atoms with Crippen LogP contribution in [0.2, 0.25) is 0 Å². The Labute approximate surface area is 192 Å². The minimum absolute atomic E-state index is 0.409. The van der Waals surface area contributed by atoms with Gasteiger partial charge in [-0.2, -0.15) is 9.50 Å². The summed E-state index contributed by atoms with van der Waals surface area (Å²) >= 11 is 0. The summed E-state index contributed by atoms with van der Waals surface area (Å²) in [4.78, 5) is 36.0. The Balaban J connectivity index is 1.34. The molecule has 9 nitrogen and oxygen atoms in total. The van der Waals surface area contributed by atoms with Gasteiger partial charge in [0.2, 0.25) is 5.95 Å². The van der Waals surface area contributed by atoms with Crippen LogP contribution in [-0.4, -0.2) is 69.6 Å². The Morgan fingerprint density at radius 3 is 2.39 bits per heavy atom. The van der Waals surface area contributed by atoms with E-state index in [2.05, 4.69) is 39.0 Å². The first-order valence-electron chi connectivity index (χ1n) is 11.6. The Hall–Kier alpha value is -3.49. The van der Waals surface area contributed by atoms with Crippen LogP contribution in [0.4, 0.5) is 5.95 Å². The normalized spacial score (nSPS) is 17.4. The monoisotopic (exact) mass is 448 g/mol. The van der Waals surface area contributed by atoms with Crippen molar-refractivity contribution >= 4 is 23.6 Å². The van der Waals surface area contributed by atoms with Gasteiger partial charge in [-0.1, -0.05) is 43.5 Å². The van der Waals surface area contributed by atoms with Gasteiger partial charge in [0, 0.05) is 37.9 Å². The number of amides is 1. The number of ether oxygens (including phenoxy) is 1. The highest BCUT2D eigenvalue weighted by Crippen LogP contribution is 2.33. The van der Waals surface area contributed by atoms with Crippen molar-refractivity contribution in [2.45, 2.75) is 38.0 Å². The molecule has 0 bridgehead atoms. The van der Waals surface area contributed by atoms with Gasteiger partial charge in [0.25, 0.3) is 5.78 Å². The molecule has 33 heavy (non-hydrogen) atoms. The number of esters is 1. The molecule has 172 valence electrons. The van der Waals surface area contributed by atoms with E-state index in [1.165, 1.54) is 49.7 Å². The summed E-state index contributed by atoms with van der Waals surface area (Å²) in [5.41, 5.74) is 3.43. The van der Waals surface area contributed by atoms with E-state index in [1.54, 1.807) is 10.7 Å². The number of piperazine rings is 1. The van der Waals surface area contributed by atoms with Gasteiger partial charge in [-0.05, 0) is 30.4 Å². The second-order valence-corrected chi connectivity index (χ2v) is 8.68. The number of anilines is 1. The first-order chi connectivity index (χ1) is 16.1. The van der Waals surface area contributed by atoms with E-state index < -0.39 is 11.9 Å². The number of aromatic nitrogens is 4. The maximum Gasteiger partial charge on any atom is 0.396 e. The molecule has 9 heteroatoms. The summed E-state index contributed by atoms with van der Waals surface area (Å²) in [6, 6.07) is 10.8. The Bertz CT molecular complexity index is 1140. The van der Waals surface area contributed by atoms with Crippen molar-refractivity contribution in [1.29, 1.82) is 0 Å². The quantitative estimate of drug-likeness (QED) is 0.449. The maximum atomic E-state index is 12.0. The molecule has 2 aliphatic rings.